The average molecular weight is 321 g/mol. The fraction of sp³-hybridized carbons (Fsp3) is 0.143. The molecule has 0 fully saturated rings. The summed E-state index contributed by atoms with van der Waals surface area (Å²) in [6, 6.07) is 12.1. The van der Waals surface area contributed by atoms with Crippen molar-refractivity contribution < 1.29 is 23.2 Å². The molecule has 2 rings (SSSR count). The summed E-state index contributed by atoms with van der Waals surface area (Å²) >= 11 is 0. The predicted molar refractivity (Wildman–Crippen MR) is 84.9 cm³/mol. The van der Waals surface area contributed by atoms with Gasteiger partial charge in [0.05, 0.1) is 17.7 Å². The Hall–Kier alpha value is -2.03. The molecular weight excluding hydrogens is 305 g/mol. The van der Waals surface area contributed by atoms with Crippen LogP contribution in [-0.4, -0.2) is 39.7 Å². The Morgan fingerprint density at radius 1 is 1.09 bits per heavy atom. The number of benzene rings is 2. The minimum atomic E-state index is -3.80. The third-order valence-corrected chi connectivity index (χ3v) is 5.03. The van der Waals surface area contributed by atoms with Gasteiger partial charge in [0.2, 0.25) is 0 Å². The summed E-state index contributed by atoms with van der Waals surface area (Å²) < 4.78 is 31.3. The Morgan fingerprint density at radius 3 is 2.27 bits per heavy atom. The first-order chi connectivity index (χ1) is 10.4. The van der Waals surface area contributed by atoms with E-state index in [9.17, 15) is 8.42 Å². The summed E-state index contributed by atoms with van der Waals surface area (Å²) in [5, 5.41) is 18.3. The van der Waals surface area contributed by atoms with Crippen LogP contribution in [0.15, 0.2) is 53.4 Å². The molecule has 0 saturated heterocycles. The quantitative estimate of drug-likeness (QED) is 0.768. The van der Waals surface area contributed by atoms with Gasteiger partial charge in [0.15, 0.2) is 0 Å². The van der Waals surface area contributed by atoms with Gasteiger partial charge in [-0.1, -0.05) is 12.1 Å². The Bertz CT molecular complexity index is 746. The van der Waals surface area contributed by atoms with Crippen LogP contribution in [0.5, 0.6) is 5.75 Å². The zero-order chi connectivity index (χ0) is 16.3. The van der Waals surface area contributed by atoms with Crippen molar-refractivity contribution in [3.8, 4) is 5.75 Å². The van der Waals surface area contributed by atoms with Gasteiger partial charge in [-0.05, 0) is 41.9 Å². The highest BCUT2D eigenvalue weighted by molar-refractivity contribution is 7.92. The number of hydrogen-bond donors (Lipinski definition) is 2. The molecule has 0 spiro atoms. The lowest BCUT2D eigenvalue weighted by Crippen LogP contribution is -2.32. The molecule has 0 unspecified atom stereocenters. The van der Waals surface area contributed by atoms with E-state index in [1.807, 2.05) is 0 Å². The second-order valence-corrected chi connectivity index (χ2v) is 6.59. The minimum absolute atomic E-state index is 0.0172. The molecule has 22 heavy (non-hydrogen) atoms. The fourth-order valence-electron chi connectivity index (χ4n) is 1.92. The highest BCUT2D eigenvalue weighted by Crippen LogP contribution is 2.23. The van der Waals surface area contributed by atoms with E-state index in [1.54, 1.807) is 24.3 Å². The molecule has 0 amide bonds. The van der Waals surface area contributed by atoms with Crippen LogP contribution in [0.3, 0.4) is 0 Å². The van der Waals surface area contributed by atoms with Crippen LogP contribution < -0.4 is 14.5 Å². The molecule has 0 bridgehead atoms. The third kappa shape index (κ3) is 3.24. The first-order valence-electron chi connectivity index (χ1n) is 6.45. The number of sulfonamides is 1. The summed E-state index contributed by atoms with van der Waals surface area (Å²) in [5.74, 6) is 0.625. The number of rotatable bonds is 5. The maximum Gasteiger partial charge on any atom is 0.488 e. The lowest BCUT2D eigenvalue weighted by molar-refractivity contribution is 0.415. The fourth-order valence-corrected chi connectivity index (χ4v) is 3.18. The van der Waals surface area contributed by atoms with Crippen molar-refractivity contribution >= 4 is 28.3 Å². The molecule has 0 aliphatic heterocycles. The molecule has 8 heteroatoms. The van der Waals surface area contributed by atoms with Crippen molar-refractivity contribution in [1.82, 2.24) is 0 Å². The van der Waals surface area contributed by atoms with E-state index in [4.69, 9.17) is 14.8 Å². The van der Waals surface area contributed by atoms with Gasteiger partial charge in [0.1, 0.15) is 5.75 Å². The standard InChI is InChI=1S/C14H16BNO5S/c1-16(12-6-8-13(21-2)9-7-12)22(19,20)14-5-3-4-11(10-14)15(17)18/h3-10,17-18H,1-2H3. The van der Waals surface area contributed by atoms with Crippen LogP contribution >= 0.6 is 0 Å². The van der Waals surface area contributed by atoms with Crippen molar-refractivity contribution in [3.05, 3.63) is 48.5 Å². The van der Waals surface area contributed by atoms with Crippen LogP contribution in [0.2, 0.25) is 0 Å². The second kappa shape index (κ2) is 6.39. The van der Waals surface area contributed by atoms with E-state index in [-0.39, 0.29) is 10.4 Å². The average Bonchev–Trinajstić information content (AvgIpc) is 2.54. The van der Waals surface area contributed by atoms with E-state index < -0.39 is 17.1 Å². The first-order valence-corrected chi connectivity index (χ1v) is 7.89. The van der Waals surface area contributed by atoms with Crippen LogP contribution in [0.4, 0.5) is 5.69 Å². The molecule has 2 aromatic rings. The predicted octanol–water partition coefficient (Wildman–Crippen LogP) is 0.200. The van der Waals surface area contributed by atoms with Crippen LogP contribution in [0, 0.1) is 0 Å². The summed E-state index contributed by atoms with van der Waals surface area (Å²) in [5.41, 5.74) is 0.583. The van der Waals surface area contributed by atoms with Gasteiger partial charge >= 0.3 is 7.12 Å². The highest BCUT2D eigenvalue weighted by Gasteiger charge is 2.23. The number of ether oxygens (including phenoxy) is 1. The monoisotopic (exact) mass is 321 g/mol. The second-order valence-electron chi connectivity index (χ2n) is 4.62. The van der Waals surface area contributed by atoms with E-state index in [0.29, 0.717) is 11.4 Å². The van der Waals surface area contributed by atoms with Crippen LogP contribution in [0.25, 0.3) is 0 Å². The Kier molecular flexibility index (Phi) is 4.75. The van der Waals surface area contributed by atoms with Crippen molar-refractivity contribution in [3.63, 3.8) is 0 Å². The number of nitrogens with zero attached hydrogens (tertiary/aromatic N) is 1. The summed E-state index contributed by atoms with van der Waals surface area (Å²) in [6.45, 7) is 0. The SMILES string of the molecule is COc1ccc(N(C)S(=O)(=O)c2cccc(B(O)O)c2)cc1. The summed E-state index contributed by atoms with van der Waals surface area (Å²) in [4.78, 5) is -0.0172. The zero-order valence-electron chi connectivity index (χ0n) is 12.2. The van der Waals surface area contributed by atoms with Gasteiger partial charge in [0, 0.05) is 7.05 Å². The lowest BCUT2D eigenvalue weighted by Gasteiger charge is -2.20. The molecule has 0 heterocycles. The van der Waals surface area contributed by atoms with Crippen molar-refractivity contribution in [1.29, 1.82) is 0 Å². The molecule has 0 aliphatic carbocycles. The van der Waals surface area contributed by atoms with Crippen molar-refractivity contribution in [2.24, 2.45) is 0 Å². The van der Waals surface area contributed by atoms with E-state index in [2.05, 4.69) is 0 Å². The Labute approximate surface area is 129 Å². The molecule has 0 aromatic heterocycles. The summed E-state index contributed by atoms with van der Waals surface area (Å²) in [6.07, 6.45) is 0. The van der Waals surface area contributed by atoms with Crippen molar-refractivity contribution in [2.75, 3.05) is 18.5 Å². The molecular formula is C14H16BNO5S. The number of methoxy groups -OCH3 is 1. The van der Waals surface area contributed by atoms with Gasteiger partial charge in [-0.15, -0.1) is 0 Å². The molecule has 116 valence electrons. The lowest BCUT2D eigenvalue weighted by atomic mass is 9.80. The maximum atomic E-state index is 12.6. The Balaban J connectivity index is 2.38. The molecule has 2 aromatic carbocycles. The van der Waals surface area contributed by atoms with E-state index >= 15 is 0 Å². The first kappa shape index (κ1) is 16.3. The van der Waals surface area contributed by atoms with Gasteiger partial charge in [-0.3, -0.25) is 4.31 Å². The molecule has 2 N–H and O–H groups in total. The van der Waals surface area contributed by atoms with Crippen LogP contribution in [-0.2, 0) is 10.0 Å². The Morgan fingerprint density at radius 2 is 1.73 bits per heavy atom. The van der Waals surface area contributed by atoms with Gasteiger partial charge in [0.25, 0.3) is 10.0 Å². The minimum Gasteiger partial charge on any atom is -0.497 e. The van der Waals surface area contributed by atoms with Gasteiger partial charge in [-0.2, -0.15) is 0 Å². The smallest absolute Gasteiger partial charge is 0.488 e. The molecule has 0 aliphatic rings. The normalized spacial score (nSPS) is 11.1. The molecule has 0 saturated carbocycles. The van der Waals surface area contributed by atoms with Gasteiger partial charge < -0.3 is 14.8 Å². The third-order valence-electron chi connectivity index (χ3n) is 3.25. The number of hydrogen-bond acceptors (Lipinski definition) is 5. The molecule has 0 atom stereocenters. The highest BCUT2D eigenvalue weighted by atomic mass is 32.2. The molecule has 6 nitrogen and oxygen atoms in total. The molecule has 0 radical (unpaired) electrons. The summed E-state index contributed by atoms with van der Waals surface area (Å²) in [7, 11) is -2.56. The van der Waals surface area contributed by atoms with Crippen molar-refractivity contribution in [2.45, 2.75) is 4.90 Å². The number of anilines is 1. The van der Waals surface area contributed by atoms with E-state index in [1.165, 1.54) is 38.4 Å². The maximum absolute atomic E-state index is 12.6. The van der Waals surface area contributed by atoms with Crippen LogP contribution in [0.1, 0.15) is 0 Å². The topological polar surface area (TPSA) is 87.1 Å². The largest absolute Gasteiger partial charge is 0.497 e. The zero-order valence-corrected chi connectivity index (χ0v) is 13.0. The van der Waals surface area contributed by atoms with E-state index in [0.717, 1.165) is 4.31 Å². The van der Waals surface area contributed by atoms with Gasteiger partial charge in [-0.25, -0.2) is 8.42 Å².